The Hall–Kier alpha value is -1.74. The summed E-state index contributed by atoms with van der Waals surface area (Å²) < 4.78 is 10.9. The highest BCUT2D eigenvalue weighted by atomic mass is 16.5. The van der Waals surface area contributed by atoms with Gasteiger partial charge in [0.25, 0.3) is 0 Å². The van der Waals surface area contributed by atoms with E-state index < -0.39 is 0 Å². The molecule has 0 aliphatic heterocycles. The summed E-state index contributed by atoms with van der Waals surface area (Å²) in [6.07, 6.45) is 3.86. The molecule has 3 heteroatoms. The molecule has 2 rings (SSSR count). The van der Waals surface area contributed by atoms with Crippen LogP contribution in [0, 0.1) is 6.92 Å². The summed E-state index contributed by atoms with van der Waals surface area (Å²) in [5, 5.41) is 3.35. The Morgan fingerprint density at radius 2 is 2.11 bits per heavy atom. The zero-order valence-electron chi connectivity index (χ0n) is 11.4. The van der Waals surface area contributed by atoms with Gasteiger partial charge in [-0.1, -0.05) is 12.1 Å². The van der Waals surface area contributed by atoms with Gasteiger partial charge in [0.05, 0.1) is 19.4 Å². The molecular formula is C16H21NO2. The van der Waals surface area contributed by atoms with Crippen molar-refractivity contribution in [2.24, 2.45) is 0 Å². The lowest BCUT2D eigenvalue weighted by Crippen LogP contribution is -2.15. The molecule has 0 saturated heterocycles. The van der Waals surface area contributed by atoms with E-state index in [-0.39, 0.29) is 0 Å². The lowest BCUT2D eigenvalue weighted by molar-refractivity contribution is 0.305. The normalized spacial score (nSPS) is 10.6. The summed E-state index contributed by atoms with van der Waals surface area (Å²) in [6, 6.07) is 12.1. The number of ether oxygens (including phenoxy) is 1. The van der Waals surface area contributed by atoms with Gasteiger partial charge in [-0.05, 0) is 56.1 Å². The Kier molecular flexibility index (Phi) is 5.50. The van der Waals surface area contributed by atoms with Gasteiger partial charge in [0, 0.05) is 0 Å². The van der Waals surface area contributed by atoms with E-state index in [1.54, 1.807) is 6.26 Å². The van der Waals surface area contributed by atoms with Gasteiger partial charge >= 0.3 is 0 Å². The molecule has 0 saturated carbocycles. The topological polar surface area (TPSA) is 34.4 Å². The summed E-state index contributed by atoms with van der Waals surface area (Å²) in [7, 11) is 0. The van der Waals surface area contributed by atoms with Crippen molar-refractivity contribution in [2.75, 3.05) is 13.2 Å². The minimum Gasteiger partial charge on any atom is -0.494 e. The molecule has 2 aromatic rings. The van der Waals surface area contributed by atoms with Gasteiger partial charge in [0.1, 0.15) is 11.5 Å². The van der Waals surface area contributed by atoms with Crippen molar-refractivity contribution in [3.63, 3.8) is 0 Å². The van der Waals surface area contributed by atoms with Crippen molar-refractivity contribution < 1.29 is 9.15 Å². The Labute approximate surface area is 114 Å². The first-order valence-electron chi connectivity index (χ1n) is 6.77. The second kappa shape index (κ2) is 7.64. The number of rotatable bonds is 8. The zero-order valence-corrected chi connectivity index (χ0v) is 11.4. The summed E-state index contributed by atoms with van der Waals surface area (Å²) >= 11 is 0. The highest BCUT2D eigenvalue weighted by molar-refractivity contribution is 5.27. The van der Waals surface area contributed by atoms with E-state index in [1.165, 1.54) is 5.56 Å². The number of aryl methyl sites for hydroxylation is 1. The molecule has 1 aromatic heterocycles. The monoisotopic (exact) mass is 259 g/mol. The number of hydrogen-bond acceptors (Lipinski definition) is 3. The third-order valence-electron chi connectivity index (χ3n) is 2.89. The van der Waals surface area contributed by atoms with Crippen molar-refractivity contribution in [1.29, 1.82) is 0 Å². The summed E-state index contributed by atoms with van der Waals surface area (Å²) in [4.78, 5) is 0. The Morgan fingerprint density at radius 3 is 2.89 bits per heavy atom. The van der Waals surface area contributed by atoms with Crippen LogP contribution in [-0.4, -0.2) is 13.2 Å². The Bertz CT molecular complexity index is 465. The van der Waals surface area contributed by atoms with Crippen LogP contribution in [0.15, 0.2) is 47.1 Å². The third-order valence-corrected chi connectivity index (χ3v) is 2.89. The predicted molar refractivity (Wildman–Crippen MR) is 76.3 cm³/mol. The van der Waals surface area contributed by atoms with Gasteiger partial charge in [0.15, 0.2) is 0 Å². The van der Waals surface area contributed by atoms with Crippen molar-refractivity contribution in [3.05, 3.63) is 54.0 Å². The molecule has 1 N–H and O–H groups in total. The second-order valence-corrected chi connectivity index (χ2v) is 4.63. The highest BCUT2D eigenvalue weighted by Crippen LogP contribution is 2.12. The number of hydrogen-bond donors (Lipinski definition) is 1. The number of furan rings is 1. The smallest absolute Gasteiger partial charge is 0.119 e. The molecule has 0 aliphatic carbocycles. The van der Waals surface area contributed by atoms with Crippen LogP contribution in [0.25, 0.3) is 0 Å². The van der Waals surface area contributed by atoms with Crippen molar-refractivity contribution in [2.45, 2.75) is 26.3 Å². The average molecular weight is 259 g/mol. The first-order valence-corrected chi connectivity index (χ1v) is 6.77. The number of benzene rings is 1. The van der Waals surface area contributed by atoms with E-state index in [9.17, 15) is 0 Å². The Morgan fingerprint density at radius 1 is 1.16 bits per heavy atom. The molecule has 0 aliphatic rings. The van der Waals surface area contributed by atoms with Gasteiger partial charge in [0.2, 0.25) is 0 Å². The van der Waals surface area contributed by atoms with E-state index in [4.69, 9.17) is 9.15 Å². The minimum absolute atomic E-state index is 0.770. The second-order valence-electron chi connectivity index (χ2n) is 4.63. The predicted octanol–water partition coefficient (Wildman–Crippen LogP) is 3.54. The maximum atomic E-state index is 5.69. The summed E-state index contributed by atoms with van der Waals surface area (Å²) in [5.41, 5.74) is 1.23. The van der Waals surface area contributed by atoms with Crippen LogP contribution in [0.5, 0.6) is 5.75 Å². The van der Waals surface area contributed by atoms with Gasteiger partial charge in [-0.3, -0.25) is 0 Å². The van der Waals surface area contributed by atoms with E-state index in [0.29, 0.717) is 0 Å². The average Bonchev–Trinajstić information content (AvgIpc) is 2.91. The highest BCUT2D eigenvalue weighted by Gasteiger charge is 1.96. The molecule has 102 valence electrons. The fraction of sp³-hybridized carbons (Fsp3) is 0.375. The van der Waals surface area contributed by atoms with E-state index >= 15 is 0 Å². The van der Waals surface area contributed by atoms with E-state index in [2.05, 4.69) is 24.4 Å². The quantitative estimate of drug-likeness (QED) is 0.736. The van der Waals surface area contributed by atoms with Crippen LogP contribution in [0.2, 0.25) is 0 Å². The van der Waals surface area contributed by atoms with Gasteiger partial charge in [-0.2, -0.15) is 0 Å². The van der Waals surface area contributed by atoms with Crippen LogP contribution < -0.4 is 10.1 Å². The largest absolute Gasteiger partial charge is 0.494 e. The molecule has 1 aromatic carbocycles. The molecule has 3 nitrogen and oxygen atoms in total. The lowest BCUT2D eigenvalue weighted by Gasteiger charge is -2.07. The molecule has 0 bridgehead atoms. The maximum Gasteiger partial charge on any atom is 0.119 e. The fourth-order valence-corrected chi connectivity index (χ4v) is 1.87. The van der Waals surface area contributed by atoms with E-state index in [1.807, 2.05) is 24.3 Å². The molecule has 0 fully saturated rings. The minimum atomic E-state index is 0.770. The van der Waals surface area contributed by atoms with E-state index in [0.717, 1.165) is 44.0 Å². The zero-order chi connectivity index (χ0) is 13.3. The van der Waals surface area contributed by atoms with Gasteiger partial charge < -0.3 is 14.5 Å². The molecule has 0 spiro atoms. The van der Waals surface area contributed by atoms with Crippen LogP contribution in [-0.2, 0) is 6.54 Å². The SMILES string of the molecule is Cc1cccc(OCCCCNCc2ccco2)c1. The van der Waals surface area contributed by atoms with Gasteiger partial charge in [-0.15, -0.1) is 0 Å². The third kappa shape index (κ3) is 5.18. The molecule has 1 heterocycles. The molecule has 0 atom stereocenters. The first-order chi connectivity index (χ1) is 9.34. The van der Waals surface area contributed by atoms with Gasteiger partial charge in [-0.25, -0.2) is 0 Å². The van der Waals surface area contributed by atoms with Crippen molar-refractivity contribution in [1.82, 2.24) is 5.32 Å². The Balaban J connectivity index is 1.50. The lowest BCUT2D eigenvalue weighted by atomic mass is 10.2. The summed E-state index contributed by atoms with van der Waals surface area (Å²) in [5.74, 6) is 1.94. The van der Waals surface area contributed by atoms with Crippen LogP contribution in [0.1, 0.15) is 24.2 Å². The van der Waals surface area contributed by atoms with Crippen LogP contribution >= 0.6 is 0 Å². The fourth-order valence-electron chi connectivity index (χ4n) is 1.87. The van der Waals surface area contributed by atoms with Crippen molar-refractivity contribution in [3.8, 4) is 5.75 Å². The first kappa shape index (κ1) is 13.7. The molecule has 19 heavy (non-hydrogen) atoms. The van der Waals surface area contributed by atoms with Crippen LogP contribution in [0.4, 0.5) is 0 Å². The number of nitrogens with one attached hydrogen (secondary N) is 1. The molecule has 0 unspecified atom stereocenters. The molecule has 0 amide bonds. The van der Waals surface area contributed by atoms with Crippen LogP contribution in [0.3, 0.4) is 0 Å². The maximum absolute atomic E-state index is 5.69. The number of unbranched alkanes of at least 4 members (excludes halogenated alkanes) is 1. The summed E-state index contributed by atoms with van der Waals surface area (Å²) in [6.45, 7) is 4.63. The standard InChI is InChI=1S/C16H21NO2/c1-14-6-4-7-15(12-14)18-10-3-2-9-17-13-16-8-5-11-19-16/h4-8,11-12,17H,2-3,9-10,13H2,1H3. The van der Waals surface area contributed by atoms with Crippen molar-refractivity contribution >= 4 is 0 Å². The molecule has 0 radical (unpaired) electrons. The molecular weight excluding hydrogens is 238 g/mol.